The molecule has 0 spiro atoms. The minimum atomic E-state index is -1.62. The molecule has 0 saturated heterocycles. The van der Waals surface area contributed by atoms with Gasteiger partial charge in [0.05, 0.1) is 20.2 Å². The third kappa shape index (κ3) is 4.83. The Morgan fingerprint density at radius 1 is 1.07 bits per heavy atom. The van der Waals surface area contributed by atoms with Crippen molar-refractivity contribution >= 4 is 41.0 Å². The Hall–Kier alpha value is -4.09. The molecule has 2 aliphatic heterocycles. The van der Waals surface area contributed by atoms with Gasteiger partial charge in [0.15, 0.2) is 12.2 Å². The Morgan fingerprint density at radius 3 is 2.58 bits per heavy atom. The van der Waals surface area contributed by atoms with E-state index in [1.54, 1.807) is 5.19 Å². The zero-order valence-corrected chi connectivity index (χ0v) is 28.8. The van der Waals surface area contributed by atoms with Crippen LogP contribution in [0.3, 0.4) is 0 Å². The molecule has 0 N–H and O–H groups in total. The van der Waals surface area contributed by atoms with E-state index in [-0.39, 0.29) is 6.04 Å². The second-order valence-electron chi connectivity index (χ2n) is 14.5. The zero-order valence-electron chi connectivity index (χ0n) is 27.8. The number of aryl methyl sites for hydroxylation is 3. The summed E-state index contributed by atoms with van der Waals surface area (Å²) in [5.74, 6) is 0.786. The predicted molar refractivity (Wildman–Crippen MR) is 191 cm³/mol. The molecule has 0 radical (unpaired) electrons. The van der Waals surface area contributed by atoms with Gasteiger partial charge >= 0.3 is 0 Å². The van der Waals surface area contributed by atoms with E-state index >= 15 is 0 Å². The molecule has 0 bridgehead atoms. The van der Waals surface area contributed by atoms with E-state index in [9.17, 15) is 0 Å². The predicted octanol–water partition coefficient (Wildman–Crippen LogP) is 9.38. The average Bonchev–Trinajstić information content (AvgIpc) is 3.37. The van der Waals surface area contributed by atoms with Crippen molar-refractivity contribution in [1.82, 2.24) is 4.98 Å². The number of furan rings is 1. The Balaban J connectivity index is 1.46. The lowest BCUT2D eigenvalue weighted by Crippen LogP contribution is -2.54. The minimum absolute atomic E-state index is 0.221. The summed E-state index contributed by atoms with van der Waals surface area (Å²) in [5, 5.41) is 3.71. The number of pyridine rings is 2. The van der Waals surface area contributed by atoms with Crippen LogP contribution in [0, 0.1) is 13.8 Å². The lowest BCUT2D eigenvalue weighted by Gasteiger charge is -2.33. The van der Waals surface area contributed by atoms with Crippen LogP contribution >= 0.6 is 0 Å². The standard InChI is InChI=1S/C40H44N3OSi/c1-10-33-38-27(19-24(4)37-31-17-15-25(5)42-40(31)44-39(37)38)16-18-30-28-13-11-12-14-29(28)35-21-32(23(2)3)36(45(7,8)9)22-43(35)34(30)20-26(6)41-33/h10-15,17,19,21-23,30,34H,1,6,16,18,20H2,2-5,7-9H3/q+1. The Morgan fingerprint density at radius 2 is 1.84 bits per heavy atom. The van der Waals surface area contributed by atoms with Gasteiger partial charge in [-0.25, -0.2) is 4.98 Å². The lowest BCUT2D eigenvalue weighted by atomic mass is 9.77. The number of benzene rings is 2. The Labute approximate surface area is 268 Å². The minimum Gasteiger partial charge on any atom is -0.437 e. The maximum atomic E-state index is 6.56. The lowest BCUT2D eigenvalue weighted by molar-refractivity contribution is -0.717. The Bertz CT molecular complexity index is 2070. The highest BCUT2D eigenvalue weighted by molar-refractivity contribution is 6.89. The highest BCUT2D eigenvalue weighted by atomic mass is 28.3. The quantitative estimate of drug-likeness (QED) is 0.151. The van der Waals surface area contributed by atoms with E-state index in [1.165, 1.54) is 33.5 Å². The van der Waals surface area contributed by atoms with Crippen molar-refractivity contribution in [3.63, 3.8) is 0 Å². The molecule has 2 unspecified atom stereocenters. The van der Waals surface area contributed by atoms with E-state index in [2.05, 4.69) is 113 Å². The first-order valence-corrected chi connectivity index (χ1v) is 19.9. The van der Waals surface area contributed by atoms with Crippen molar-refractivity contribution < 1.29 is 8.98 Å². The van der Waals surface area contributed by atoms with Gasteiger partial charge in [0, 0.05) is 50.5 Å². The van der Waals surface area contributed by atoms with Crippen molar-refractivity contribution in [1.29, 1.82) is 0 Å². The molecule has 0 aliphatic carbocycles. The molecule has 4 nitrogen and oxygen atoms in total. The summed E-state index contributed by atoms with van der Waals surface area (Å²) in [5.41, 5.74) is 13.2. The number of rotatable bonds is 3. The fourth-order valence-corrected chi connectivity index (χ4v) is 9.61. The van der Waals surface area contributed by atoms with Crippen LogP contribution in [0.5, 0.6) is 0 Å². The number of fused-ring (bicyclic) bond motifs is 11. The topological polar surface area (TPSA) is 42.3 Å². The Kier molecular flexibility index (Phi) is 7.08. The fourth-order valence-electron chi connectivity index (χ4n) is 7.86. The summed E-state index contributed by atoms with van der Waals surface area (Å²) in [4.78, 5) is 9.96. The normalized spacial score (nSPS) is 18.3. The van der Waals surface area contributed by atoms with Crippen LogP contribution in [0.15, 0.2) is 89.1 Å². The van der Waals surface area contributed by atoms with E-state index in [0.29, 0.717) is 17.5 Å². The monoisotopic (exact) mass is 610 g/mol. The molecule has 5 heterocycles. The summed E-state index contributed by atoms with van der Waals surface area (Å²) >= 11 is 0. The van der Waals surface area contributed by atoms with Crippen molar-refractivity contribution in [2.75, 3.05) is 0 Å². The molecule has 7 rings (SSSR count). The third-order valence-electron chi connectivity index (χ3n) is 9.96. The fraction of sp³-hybridized carbons (Fsp3) is 0.325. The summed E-state index contributed by atoms with van der Waals surface area (Å²) in [6.07, 6.45) is 7.08. The van der Waals surface area contributed by atoms with Crippen molar-refractivity contribution in [2.24, 2.45) is 4.99 Å². The number of hydrogen-bond acceptors (Lipinski definition) is 3. The first kappa shape index (κ1) is 29.6. The van der Waals surface area contributed by atoms with E-state index in [1.807, 2.05) is 13.0 Å². The molecule has 0 fully saturated rings. The molecule has 2 aromatic carbocycles. The second-order valence-corrected chi connectivity index (χ2v) is 19.5. The van der Waals surface area contributed by atoms with E-state index in [4.69, 9.17) is 14.4 Å². The second kappa shape index (κ2) is 10.8. The van der Waals surface area contributed by atoms with Crippen LogP contribution in [0.4, 0.5) is 0 Å². The molecule has 5 heteroatoms. The highest BCUT2D eigenvalue weighted by Gasteiger charge is 2.42. The molecule has 2 aliphatic rings. The number of nitrogens with zero attached hydrogens (tertiary/aromatic N) is 3. The van der Waals surface area contributed by atoms with Crippen LogP contribution < -0.4 is 9.75 Å². The summed E-state index contributed by atoms with van der Waals surface area (Å²) < 4.78 is 9.17. The molecule has 3 aromatic heterocycles. The van der Waals surface area contributed by atoms with E-state index < -0.39 is 8.07 Å². The van der Waals surface area contributed by atoms with Crippen molar-refractivity contribution in [3.8, 4) is 11.3 Å². The molecular formula is C40H44N3OSi+. The molecule has 0 amide bonds. The maximum Gasteiger partial charge on any atom is 0.227 e. The van der Waals surface area contributed by atoms with Gasteiger partial charge in [-0.2, -0.15) is 4.57 Å². The number of aromatic nitrogens is 2. The summed E-state index contributed by atoms with van der Waals surface area (Å²) in [6.45, 7) is 25.1. The smallest absolute Gasteiger partial charge is 0.227 e. The number of aliphatic imine (C=N–C) groups is 1. The first-order valence-electron chi connectivity index (χ1n) is 16.4. The van der Waals surface area contributed by atoms with Gasteiger partial charge in [0.1, 0.15) is 5.58 Å². The average molecular weight is 611 g/mol. The van der Waals surface area contributed by atoms with Gasteiger partial charge in [-0.15, -0.1) is 0 Å². The summed E-state index contributed by atoms with van der Waals surface area (Å²) in [6, 6.07) is 18.3. The molecule has 5 aromatic rings. The largest absolute Gasteiger partial charge is 0.437 e. The number of allylic oxidation sites excluding steroid dienone is 2. The molecule has 45 heavy (non-hydrogen) atoms. The van der Waals surface area contributed by atoms with Gasteiger partial charge < -0.3 is 4.42 Å². The van der Waals surface area contributed by atoms with Crippen LogP contribution in [-0.4, -0.2) is 18.8 Å². The summed E-state index contributed by atoms with van der Waals surface area (Å²) in [7, 11) is -1.62. The number of hydrogen-bond donors (Lipinski definition) is 0. The van der Waals surface area contributed by atoms with Crippen molar-refractivity contribution in [3.05, 3.63) is 113 Å². The van der Waals surface area contributed by atoms with Gasteiger partial charge in [0.25, 0.3) is 0 Å². The third-order valence-corrected chi connectivity index (χ3v) is 12.0. The van der Waals surface area contributed by atoms with Gasteiger partial charge in [-0.05, 0) is 79.1 Å². The van der Waals surface area contributed by atoms with Crippen LogP contribution in [0.1, 0.15) is 78.1 Å². The zero-order chi connectivity index (χ0) is 31.8. The van der Waals surface area contributed by atoms with Crippen LogP contribution in [-0.2, 0) is 6.42 Å². The van der Waals surface area contributed by atoms with Gasteiger partial charge in [-0.3, -0.25) is 4.99 Å². The first-order chi connectivity index (χ1) is 21.5. The molecule has 0 saturated carbocycles. The van der Waals surface area contributed by atoms with Gasteiger partial charge in [0.2, 0.25) is 11.4 Å². The molecule has 228 valence electrons. The van der Waals surface area contributed by atoms with Crippen LogP contribution in [0.25, 0.3) is 33.3 Å². The maximum absolute atomic E-state index is 6.56. The molecular weight excluding hydrogens is 567 g/mol. The molecule has 2 atom stereocenters. The van der Waals surface area contributed by atoms with E-state index in [0.717, 1.165) is 58.3 Å². The SMILES string of the molecule is C=CC1=NC(=C)CC2C(CCc3cc(C)c4c(oc5nc(C)ccc54)c31)c1ccccc1-c1cc(C(C)C)c([Si](C)(C)C)c[n+]12. The van der Waals surface area contributed by atoms with Gasteiger partial charge in [-0.1, -0.05) is 70.9 Å². The van der Waals surface area contributed by atoms with Crippen LogP contribution in [0.2, 0.25) is 19.6 Å². The highest BCUT2D eigenvalue weighted by Crippen LogP contribution is 2.45. The van der Waals surface area contributed by atoms with Crippen molar-refractivity contribution in [2.45, 2.75) is 84.5 Å².